The van der Waals surface area contributed by atoms with E-state index in [4.69, 9.17) is 27.9 Å². The Labute approximate surface area is 140 Å². The summed E-state index contributed by atoms with van der Waals surface area (Å²) in [7, 11) is 0. The summed E-state index contributed by atoms with van der Waals surface area (Å²) < 4.78 is 5.60. The molecule has 116 valence electrons. The molecule has 3 nitrogen and oxygen atoms in total. The number of benzene rings is 2. The summed E-state index contributed by atoms with van der Waals surface area (Å²) in [5.74, 6) is 0.189. The zero-order valence-electron chi connectivity index (χ0n) is 12.6. The number of carbonyl (C=O) groups excluding carboxylic acids is 1. The molecule has 0 fully saturated rings. The van der Waals surface area contributed by atoms with Crippen LogP contribution in [0.15, 0.2) is 36.4 Å². The second-order valence-corrected chi connectivity index (χ2v) is 5.99. The van der Waals surface area contributed by atoms with Gasteiger partial charge in [0, 0.05) is 10.7 Å². The maximum absolute atomic E-state index is 12.3. The average molecular weight is 338 g/mol. The molecule has 0 aliphatic rings. The van der Waals surface area contributed by atoms with Crippen LogP contribution in [0.2, 0.25) is 10.0 Å². The Morgan fingerprint density at radius 2 is 1.86 bits per heavy atom. The van der Waals surface area contributed by atoms with Crippen molar-refractivity contribution in [1.29, 1.82) is 0 Å². The van der Waals surface area contributed by atoms with E-state index in [-0.39, 0.29) is 5.91 Å². The number of ether oxygens (including phenoxy) is 1. The molecule has 1 atom stereocenters. The van der Waals surface area contributed by atoms with Crippen molar-refractivity contribution in [3.8, 4) is 5.75 Å². The molecule has 0 bridgehead atoms. The highest BCUT2D eigenvalue weighted by molar-refractivity contribution is 6.35. The van der Waals surface area contributed by atoms with Crippen LogP contribution in [0.4, 0.5) is 5.69 Å². The number of rotatable bonds is 4. The molecule has 0 unspecified atom stereocenters. The topological polar surface area (TPSA) is 38.3 Å². The van der Waals surface area contributed by atoms with E-state index in [0.29, 0.717) is 15.8 Å². The third-order valence-electron chi connectivity index (χ3n) is 3.22. The normalized spacial score (nSPS) is 11.9. The Morgan fingerprint density at radius 1 is 1.14 bits per heavy atom. The summed E-state index contributed by atoms with van der Waals surface area (Å²) >= 11 is 11.9. The van der Waals surface area contributed by atoms with Gasteiger partial charge in [0.25, 0.3) is 5.91 Å². The van der Waals surface area contributed by atoms with Crippen LogP contribution in [0, 0.1) is 13.8 Å². The second-order valence-electron chi connectivity index (χ2n) is 5.14. The lowest BCUT2D eigenvalue weighted by Crippen LogP contribution is -2.30. The minimum absolute atomic E-state index is 0.236. The number of halogens is 2. The fourth-order valence-corrected chi connectivity index (χ4v) is 2.37. The minimum atomic E-state index is -0.682. The van der Waals surface area contributed by atoms with Gasteiger partial charge < -0.3 is 10.1 Å². The zero-order valence-corrected chi connectivity index (χ0v) is 14.1. The second kappa shape index (κ2) is 7.03. The van der Waals surface area contributed by atoms with E-state index < -0.39 is 6.10 Å². The van der Waals surface area contributed by atoms with Gasteiger partial charge in [-0.2, -0.15) is 0 Å². The predicted molar refractivity (Wildman–Crippen MR) is 91.1 cm³/mol. The van der Waals surface area contributed by atoms with Gasteiger partial charge in [-0.05, 0) is 56.2 Å². The van der Waals surface area contributed by atoms with Crippen molar-refractivity contribution in [3.63, 3.8) is 0 Å². The Kier molecular flexibility index (Phi) is 5.33. The van der Waals surface area contributed by atoms with Crippen molar-refractivity contribution in [3.05, 3.63) is 57.6 Å². The third kappa shape index (κ3) is 4.15. The number of hydrogen-bond donors (Lipinski definition) is 1. The van der Waals surface area contributed by atoms with Gasteiger partial charge >= 0.3 is 0 Å². The molecule has 2 rings (SSSR count). The Balaban J connectivity index is 2.07. The van der Waals surface area contributed by atoms with Gasteiger partial charge in [-0.25, -0.2) is 0 Å². The Bertz CT molecular complexity index is 701. The largest absolute Gasteiger partial charge is 0.479 e. The lowest BCUT2D eigenvalue weighted by atomic mass is 10.1. The molecule has 1 amide bonds. The highest BCUT2D eigenvalue weighted by Gasteiger charge is 2.17. The number of aryl methyl sites for hydroxylation is 2. The first-order chi connectivity index (χ1) is 10.4. The van der Waals surface area contributed by atoms with E-state index in [1.807, 2.05) is 32.0 Å². The van der Waals surface area contributed by atoms with Crippen molar-refractivity contribution in [1.82, 2.24) is 0 Å². The van der Waals surface area contributed by atoms with E-state index in [1.165, 1.54) is 0 Å². The van der Waals surface area contributed by atoms with Gasteiger partial charge in [-0.1, -0.05) is 35.3 Å². The summed E-state index contributed by atoms with van der Waals surface area (Å²) in [5.41, 5.74) is 2.86. The number of amides is 1. The van der Waals surface area contributed by atoms with Crippen molar-refractivity contribution >= 4 is 34.8 Å². The van der Waals surface area contributed by atoms with Crippen LogP contribution < -0.4 is 10.1 Å². The lowest BCUT2D eigenvalue weighted by molar-refractivity contribution is -0.122. The highest BCUT2D eigenvalue weighted by Crippen LogP contribution is 2.28. The maximum Gasteiger partial charge on any atom is 0.265 e. The first-order valence-electron chi connectivity index (χ1n) is 6.86. The Morgan fingerprint density at radius 3 is 2.55 bits per heavy atom. The SMILES string of the molecule is Cc1ccc(C)c(NC(=O)[C@H](C)Oc2ccc(Cl)cc2Cl)c1. The molecule has 0 saturated heterocycles. The lowest BCUT2D eigenvalue weighted by Gasteiger charge is -2.17. The van der Waals surface area contributed by atoms with E-state index >= 15 is 0 Å². The first-order valence-corrected chi connectivity index (χ1v) is 7.62. The quantitative estimate of drug-likeness (QED) is 0.850. The van der Waals surface area contributed by atoms with Gasteiger partial charge in [-0.15, -0.1) is 0 Å². The highest BCUT2D eigenvalue weighted by atomic mass is 35.5. The molecular formula is C17H17Cl2NO2. The summed E-state index contributed by atoms with van der Waals surface area (Å²) in [6.07, 6.45) is -0.682. The third-order valence-corrected chi connectivity index (χ3v) is 3.75. The van der Waals surface area contributed by atoms with E-state index in [2.05, 4.69) is 5.32 Å². The molecule has 2 aromatic rings. The molecular weight excluding hydrogens is 321 g/mol. The molecule has 0 radical (unpaired) electrons. The van der Waals surface area contributed by atoms with Crippen LogP contribution >= 0.6 is 23.2 Å². The standard InChI is InChI=1S/C17H17Cl2NO2/c1-10-4-5-11(2)15(8-10)20-17(21)12(3)22-16-7-6-13(18)9-14(16)19/h4-9,12H,1-3H3,(H,20,21)/t12-/m0/s1. The molecule has 0 aliphatic carbocycles. The van der Waals surface area contributed by atoms with E-state index in [0.717, 1.165) is 16.8 Å². The van der Waals surface area contributed by atoms with Gasteiger partial charge in [0.05, 0.1) is 5.02 Å². The molecule has 5 heteroatoms. The van der Waals surface area contributed by atoms with Crippen LogP contribution in [0.5, 0.6) is 5.75 Å². The number of anilines is 1. The first kappa shape index (κ1) is 16.7. The van der Waals surface area contributed by atoms with Crippen LogP contribution in [-0.4, -0.2) is 12.0 Å². The van der Waals surface area contributed by atoms with Gasteiger partial charge in [0.2, 0.25) is 0 Å². The summed E-state index contributed by atoms with van der Waals surface area (Å²) in [4.78, 5) is 12.3. The molecule has 0 aliphatic heterocycles. The summed E-state index contributed by atoms with van der Waals surface area (Å²) in [5, 5.41) is 3.76. The molecule has 22 heavy (non-hydrogen) atoms. The zero-order chi connectivity index (χ0) is 16.3. The summed E-state index contributed by atoms with van der Waals surface area (Å²) in [6, 6.07) is 10.8. The maximum atomic E-state index is 12.3. The van der Waals surface area contributed by atoms with E-state index in [1.54, 1.807) is 25.1 Å². The number of carbonyl (C=O) groups is 1. The van der Waals surface area contributed by atoms with Crippen LogP contribution in [0.25, 0.3) is 0 Å². The molecule has 0 saturated carbocycles. The van der Waals surface area contributed by atoms with Crippen molar-refractivity contribution in [2.45, 2.75) is 26.9 Å². The number of nitrogens with one attached hydrogen (secondary N) is 1. The monoisotopic (exact) mass is 337 g/mol. The van der Waals surface area contributed by atoms with Crippen LogP contribution in [0.3, 0.4) is 0 Å². The molecule has 1 N–H and O–H groups in total. The minimum Gasteiger partial charge on any atom is -0.479 e. The van der Waals surface area contributed by atoms with Crippen molar-refractivity contribution in [2.24, 2.45) is 0 Å². The van der Waals surface area contributed by atoms with Gasteiger partial charge in [0.15, 0.2) is 6.10 Å². The van der Waals surface area contributed by atoms with Gasteiger partial charge in [-0.3, -0.25) is 4.79 Å². The molecule has 0 aromatic heterocycles. The Hall–Kier alpha value is -1.71. The summed E-state index contributed by atoms with van der Waals surface area (Å²) in [6.45, 7) is 5.59. The molecule has 0 spiro atoms. The van der Waals surface area contributed by atoms with E-state index in [9.17, 15) is 4.79 Å². The molecule has 2 aromatic carbocycles. The number of hydrogen-bond acceptors (Lipinski definition) is 2. The van der Waals surface area contributed by atoms with Crippen molar-refractivity contribution < 1.29 is 9.53 Å². The smallest absolute Gasteiger partial charge is 0.265 e. The molecule has 0 heterocycles. The average Bonchev–Trinajstić information content (AvgIpc) is 2.45. The fraction of sp³-hybridized carbons (Fsp3) is 0.235. The van der Waals surface area contributed by atoms with Gasteiger partial charge in [0.1, 0.15) is 5.75 Å². The fourth-order valence-electron chi connectivity index (χ4n) is 1.92. The predicted octanol–water partition coefficient (Wildman–Crippen LogP) is 5.02. The van der Waals surface area contributed by atoms with Crippen LogP contribution in [0.1, 0.15) is 18.1 Å². The van der Waals surface area contributed by atoms with Crippen LogP contribution in [-0.2, 0) is 4.79 Å². The van der Waals surface area contributed by atoms with Crippen molar-refractivity contribution in [2.75, 3.05) is 5.32 Å².